The van der Waals surface area contributed by atoms with Crippen LogP contribution in [0.2, 0.25) is 0 Å². The van der Waals surface area contributed by atoms with Crippen molar-refractivity contribution in [3.63, 3.8) is 0 Å². The molecule has 2 amide bonds. The number of halogens is 1. The van der Waals surface area contributed by atoms with Crippen molar-refractivity contribution in [1.82, 2.24) is 0 Å². The molecule has 0 atom stereocenters. The monoisotopic (exact) mass is 356 g/mol. The minimum absolute atomic E-state index is 0.0452. The number of benzene rings is 2. The molecule has 0 saturated heterocycles. The number of nitrogens with one attached hydrogen (secondary N) is 2. The minimum Gasteiger partial charge on any atom is -0.325 e. The molecule has 128 valence electrons. The molecule has 1 fully saturated rings. The van der Waals surface area contributed by atoms with E-state index in [-0.39, 0.29) is 17.6 Å². The molecule has 1 heterocycles. The zero-order valence-corrected chi connectivity index (χ0v) is 14.3. The highest BCUT2D eigenvalue weighted by molar-refractivity contribution is 8.00. The maximum absolute atomic E-state index is 13.6. The van der Waals surface area contributed by atoms with Crippen LogP contribution in [-0.2, 0) is 15.0 Å². The molecule has 2 aliphatic rings. The molecular formula is C19H17FN2O2S. The van der Waals surface area contributed by atoms with Crippen molar-refractivity contribution < 1.29 is 14.0 Å². The number of thioether (sulfide) groups is 1. The average Bonchev–Trinajstić information content (AvgIpc) is 2.53. The van der Waals surface area contributed by atoms with Crippen LogP contribution in [0.25, 0.3) is 0 Å². The number of amides is 2. The fourth-order valence-electron chi connectivity index (χ4n) is 3.37. The summed E-state index contributed by atoms with van der Waals surface area (Å²) in [6.07, 6.45) is 2.36. The Morgan fingerprint density at radius 1 is 1.20 bits per heavy atom. The largest absolute Gasteiger partial charge is 0.325 e. The first-order chi connectivity index (χ1) is 12.1. The maximum Gasteiger partial charge on any atom is 0.235 e. The second-order valence-corrected chi connectivity index (χ2v) is 7.47. The molecule has 2 aromatic rings. The van der Waals surface area contributed by atoms with Crippen LogP contribution in [0, 0.1) is 5.82 Å². The second-order valence-electron chi connectivity index (χ2n) is 6.45. The van der Waals surface area contributed by atoms with Gasteiger partial charge in [-0.3, -0.25) is 9.59 Å². The van der Waals surface area contributed by atoms with Crippen LogP contribution in [-0.4, -0.2) is 17.6 Å². The molecule has 2 N–H and O–H groups in total. The summed E-state index contributed by atoms with van der Waals surface area (Å²) in [5.41, 5.74) is 1.40. The van der Waals surface area contributed by atoms with Gasteiger partial charge in [0.05, 0.1) is 16.9 Å². The van der Waals surface area contributed by atoms with Gasteiger partial charge in [-0.25, -0.2) is 4.39 Å². The van der Waals surface area contributed by atoms with Crippen molar-refractivity contribution in [1.29, 1.82) is 0 Å². The molecule has 1 aliphatic heterocycles. The smallest absolute Gasteiger partial charge is 0.235 e. The molecule has 1 saturated carbocycles. The predicted molar refractivity (Wildman–Crippen MR) is 96.4 cm³/mol. The minimum atomic E-state index is -0.671. The highest BCUT2D eigenvalue weighted by Gasteiger charge is 2.45. The van der Waals surface area contributed by atoms with Crippen LogP contribution in [0.1, 0.15) is 24.8 Å². The van der Waals surface area contributed by atoms with Gasteiger partial charge < -0.3 is 10.6 Å². The van der Waals surface area contributed by atoms with Gasteiger partial charge in [0.15, 0.2) is 0 Å². The Morgan fingerprint density at radius 3 is 2.76 bits per heavy atom. The number of hydrogen-bond donors (Lipinski definition) is 2. The Labute approximate surface area is 149 Å². The van der Waals surface area contributed by atoms with E-state index in [2.05, 4.69) is 10.6 Å². The average molecular weight is 356 g/mol. The summed E-state index contributed by atoms with van der Waals surface area (Å²) in [5, 5.41) is 5.76. The molecule has 0 aromatic heterocycles. The number of anilines is 2. The predicted octanol–water partition coefficient (Wildman–Crippen LogP) is 3.93. The van der Waals surface area contributed by atoms with Gasteiger partial charge in [-0.1, -0.05) is 18.6 Å². The lowest BCUT2D eigenvalue weighted by Crippen LogP contribution is -2.46. The first kappa shape index (κ1) is 16.1. The number of hydrogen-bond acceptors (Lipinski definition) is 3. The van der Waals surface area contributed by atoms with Crippen LogP contribution < -0.4 is 10.6 Å². The van der Waals surface area contributed by atoms with Crippen LogP contribution in [0.4, 0.5) is 15.8 Å². The van der Waals surface area contributed by atoms with Crippen LogP contribution in [0.5, 0.6) is 0 Å². The third-order valence-corrected chi connectivity index (χ3v) is 5.96. The standard InChI is InChI=1S/C19H17FN2O2S/c20-13-4-1-3-12(9-13)19(7-2-8-19)18(24)21-14-5-6-16-15(10-14)22-17(23)11-25-16/h1,3-6,9-10H,2,7-8,11H2,(H,21,24)(H,22,23). The van der Waals surface area contributed by atoms with Gasteiger partial charge >= 0.3 is 0 Å². The zero-order valence-electron chi connectivity index (χ0n) is 13.5. The van der Waals surface area contributed by atoms with E-state index in [0.717, 1.165) is 16.9 Å². The summed E-state index contributed by atoms with van der Waals surface area (Å²) < 4.78 is 13.6. The van der Waals surface area contributed by atoms with Gasteiger partial charge in [0.1, 0.15) is 5.82 Å². The first-order valence-electron chi connectivity index (χ1n) is 8.21. The molecule has 0 spiro atoms. The van der Waals surface area contributed by atoms with E-state index >= 15 is 0 Å². The van der Waals surface area contributed by atoms with Crippen molar-refractivity contribution in [2.45, 2.75) is 29.6 Å². The lowest BCUT2D eigenvalue weighted by atomic mass is 9.63. The van der Waals surface area contributed by atoms with Gasteiger partial charge in [0.25, 0.3) is 0 Å². The third kappa shape index (κ3) is 2.91. The SMILES string of the molecule is O=C1CSc2ccc(NC(=O)C3(c4cccc(F)c4)CCC3)cc2N1. The number of fused-ring (bicyclic) bond motifs is 1. The Kier molecular flexibility index (Phi) is 4.00. The summed E-state index contributed by atoms with van der Waals surface area (Å²) in [4.78, 5) is 25.5. The highest BCUT2D eigenvalue weighted by Crippen LogP contribution is 2.45. The molecular weight excluding hydrogens is 339 g/mol. The van der Waals surface area contributed by atoms with Crippen molar-refractivity contribution in [2.24, 2.45) is 0 Å². The molecule has 6 heteroatoms. The Morgan fingerprint density at radius 2 is 2.04 bits per heavy atom. The number of rotatable bonds is 3. The molecule has 0 bridgehead atoms. The van der Waals surface area contributed by atoms with Gasteiger partial charge in [-0.15, -0.1) is 11.8 Å². The number of carbonyl (C=O) groups excluding carboxylic acids is 2. The Bertz CT molecular complexity index is 864. The van der Waals surface area contributed by atoms with Crippen molar-refractivity contribution in [3.05, 3.63) is 53.8 Å². The van der Waals surface area contributed by atoms with Crippen molar-refractivity contribution in [2.75, 3.05) is 16.4 Å². The summed E-state index contributed by atoms with van der Waals surface area (Å²) in [7, 11) is 0. The summed E-state index contributed by atoms with van der Waals surface area (Å²) in [6.45, 7) is 0. The van der Waals surface area contributed by atoms with Crippen molar-refractivity contribution >= 4 is 35.0 Å². The summed E-state index contributed by atoms with van der Waals surface area (Å²) >= 11 is 1.48. The van der Waals surface area contributed by atoms with E-state index in [0.29, 0.717) is 30.0 Å². The first-order valence-corrected chi connectivity index (χ1v) is 9.20. The quantitative estimate of drug-likeness (QED) is 0.876. The van der Waals surface area contributed by atoms with E-state index in [1.165, 1.54) is 23.9 Å². The summed E-state index contributed by atoms with van der Waals surface area (Å²) in [6, 6.07) is 11.8. The molecule has 4 rings (SSSR count). The molecule has 0 unspecified atom stereocenters. The fraction of sp³-hybridized carbons (Fsp3) is 0.263. The van der Waals surface area contributed by atoms with Gasteiger partial charge in [0, 0.05) is 10.6 Å². The number of carbonyl (C=O) groups is 2. The highest BCUT2D eigenvalue weighted by atomic mass is 32.2. The van der Waals surface area contributed by atoms with Gasteiger partial charge in [-0.05, 0) is 48.7 Å². The molecule has 4 nitrogen and oxygen atoms in total. The lowest BCUT2D eigenvalue weighted by Gasteiger charge is -2.40. The van der Waals surface area contributed by atoms with E-state index < -0.39 is 5.41 Å². The van der Waals surface area contributed by atoms with Crippen LogP contribution in [0.3, 0.4) is 0 Å². The van der Waals surface area contributed by atoms with E-state index in [4.69, 9.17) is 0 Å². The van der Waals surface area contributed by atoms with Gasteiger partial charge in [0.2, 0.25) is 11.8 Å². The Hall–Kier alpha value is -2.34. The van der Waals surface area contributed by atoms with E-state index in [1.807, 2.05) is 18.2 Å². The molecule has 25 heavy (non-hydrogen) atoms. The third-order valence-electron chi connectivity index (χ3n) is 4.89. The molecule has 0 radical (unpaired) electrons. The van der Waals surface area contributed by atoms with Gasteiger partial charge in [-0.2, -0.15) is 0 Å². The van der Waals surface area contributed by atoms with E-state index in [9.17, 15) is 14.0 Å². The maximum atomic E-state index is 13.6. The lowest BCUT2D eigenvalue weighted by molar-refractivity contribution is -0.124. The molecule has 1 aliphatic carbocycles. The van der Waals surface area contributed by atoms with E-state index in [1.54, 1.807) is 12.1 Å². The van der Waals surface area contributed by atoms with Crippen molar-refractivity contribution in [3.8, 4) is 0 Å². The second kappa shape index (κ2) is 6.19. The zero-order chi connectivity index (χ0) is 17.4. The summed E-state index contributed by atoms with van der Waals surface area (Å²) in [5.74, 6) is -0.0955. The Balaban J connectivity index is 1.59. The normalized spacial score (nSPS) is 17.9. The van der Waals surface area contributed by atoms with Crippen LogP contribution >= 0.6 is 11.8 Å². The molecule has 2 aromatic carbocycles. The topological polar surface area (TPSA) is 58.2 Å². The fourth-order valence-corrected chi connectivity index (χ4v) is 4.16. The van der Waals surface area contributed by atoms with Crippen LogP contribution in [0.15, 0.2) is 47.4 Å².